The maximum atomic E-state index is 11.8. The fraction of sp³-hybridized carbons (Fsp3) is 0.636. The standard InChI is InChI=1S/C22H37N5O.HI/c1-5-20-8-6-7-14-27(20)15-13-24-22(23-4)25-16-18-9-11-19(12-10-18)26-21(28)17(2)3;/h9-12,17,20H,5-8,13-16H2,1-4H3,(H,26,28)(H2,23,24,25);1H. The molecule has 1 unspecified atom stereocenters. The predicted octanol–water partition coefficient (Wildman–Crippen LogP) is 3.83. The Morgan fingerprint density at radius 1 is 1.21 bits per heavy atom. The summed E-state index contributed by atoms with van der Waals surface area (Å²) in [5.74, 6) is 0.838. The fourth-order valence-corrected chi connectivity index (χ4v) is 3.53. The van der Waals surface area contributed by atoms with Crippen molar-refractivity contribution in [2.45, 2.75) is 59.0 Å². The summed E-state index contributed by atoms with van der Waals surface area (Å²) in [6.07, 6.45) is 5.25. The molecule has 1 aliphatic rings. The topological polar surface area (TPSA) is 68.8 Å². The molecular formula is C22H38IN5O. The Balaban J connectivity index is 0.00000420. The van der Waals surface area contributed by atoms with Crippen LogP contribution in [-0.4, -0.2) is 49.5 Å². The quantitative estimate of drug-likeness (QED) is 0.280. The minimum absolute atomic E-state index is 0. The number of carbonyl (C=O) groups is 1. The number of hydrogen-bond acceptors (Lipinski definition) is 3. The second kappa shape index (κ2) is 13.8. The van der Waals surface area contributed by atoms with Crippen molar-refractivity contribution in [2.75, 3.05) is 32.0 Å². The van der Waals surface area contributed by atoms with Gasteiger partial charge in [0, 0.05) is 44.3 Å². The van der Waals surface area contributed by atoms with Crippen molar-refractivity contribution < 1.29 is 4.79 Å². The van der Waals surface area contributed by atoms with Crippen LogP contribution in [0.4, 0.5) is 5.69 Å². The zero-order valence-corrected chi connectivity index (χ0v) is 20.7. The molecule has 1 amide bonds. The van der Waals surface area contributed by atoms with E-state index in [1.54, 1.807) is 7.05 Å². The van der Waals surface area contributed by atoms with E-state index in [-0.39, 0.29) is 35.8 Å². The van der Waals surface area contributed by atoms with Gasteiger partial charge in [-0.1, -0.05) is 39.3 Å². The third-order valence-corrected chi connectivity index (χ3v) is 5.34. The molecule has 7 heteroatoms. The molecule has 3 N–H and O–H groups in total. The molecule has 1 aromatic carbocycles. The molecule has 1 fully saturated rings. The summed E-state index contributed by atoms with van der Waals surface area (Å²) in [5.41, 5.74) is 1.98. The van der Waals surface area contributed by atoms with Crippen molar-refractivity contribution in [1.29, 1.82) is 0 Å². The van der Waals surface area contributed by atoms with Gasteiger partial charge in [-0.2, -0.15) is 0 Å². The maximum Gasteiger partial charge on any atom is 0.226 e. The molecule has 1 aliphatic heterocycles. The highest BCUT2D eigenvalue weighted by Crippen LogP contribution is 2.18. The van der Waals surface area contributed by atoms with Gasteiger partial charge in [0.25, 0.3) is 0 Å². The Labute approximate surface area is 193 Å². The van der Waals surface area contributed by atoms with Crippen molar-refractivity contribution in [1.82, 2.24) is 15.5 Å². The first-order valence-corrected chi connectivity index (χ1v) is 10.6. The Morgan fingerprint density at radius 3 is 2.55 bits per heavy atom. The first-order chi connectivity index (χ1) is 13.5. The van der Waals surface area contributed by atoms with Crippen molar-refractivity contribution in [2.24, 2.45) is 10.9 Å². The van der Waals surface area contributed by atoms with Crippen molar-refractivity contribution in [3.05, 3.63) is 29.8 Å². The molecule has 0 spiro atoms. The Bertz CT molecular complexity index is 633. The SMILES string of the molecule is CCC1CCCCN1CCNC(=NC)NCc1ccc(NC(=O)C(C)C)cc1.I. The summed E-state index contributed by atoms with van der Waals surface area (Å²) in [5, 5.41) is 9.69. The molecule has 164 valence electrons. The number of hydrogen-bond donors (Lipinski definition) is 3. The van der Waals surface area contributed by atoms with Crippen LogP contribution < -0.4 is 16.0 Å². The van der Waals surface area contributed by atoms with E-state index in [1.807, 2.05) is 38.1 Å². The van der Waals surface area contributed by atoms with Crippen LogP contribution >= 0.6 is 24.0 Å². The number of carbonyl (C=O) groups excluding carboxylic acids is 1. The van der Waals surface area contributed by atoms with Crippen LogP contribution in [0.25, 0.3) is 0 Å². The molecule has 1 aromatic rings. The van der Waals surface area contributed by atoms with Crippen molar-refractivity contribution >= 4 is 41.5 Å². The lowest BCUT2D eigenvalue weighted by Crippen LogP contribution is -2.45. The molecule has 0 bridgehead atoms. The van der Waals surface area contributed by atoms with Gasteiger partial charge in [0.05, 0.1) is 0 Å². The van der Waals surface area contributed by atoms with Gasteiger partial charge in [-0.25, -0.2) is 0 Å². The minimum Gasteiger partial charge on any atom is -0.355 e. The van der Waals surface area contributed by atoms with Crippen molar-refractivity contribution in [3.63, 3.8) is 0 Å². The summed E-state index contributed by atoms with van der Waals surface area (Å²) in [6.45, 7) is 9.93. The fourth-order valence-electron chi connectivity index (χ4n) is 3.53. The summed E-state index contributed by atoms with van der Waals surface area (Å²) in [6, 6.07) is 8.66. The maximum absolute atomic E-state index is 11.8. The summed E-state index contributed by atoms with van der Waals surface area (Å²) >= 11 is 0. The van der Waals surface area contributed by atoms with Gasteiger partial charge in [0.15, 0.2) is 5.96 Å². The van der Waals surface area contributed by atoms with Gasteiger partial charge in [-0.15, -0.1) is 24.0 Å². The Hall–Kier alpha value is -1.35. The number of nitrogens with zero attached hydrogens (tertiary/aromatic N) is 2. The molecular weight excluding hydrogens is 477 g/mol. The molecule has 29 heavy (non-hydrogen) atoms. The lowest BCUT2D eigenvalue weighted by atomic mass is 10.0. The van der Waals surface area contributed by atoms with Crippen LogP contribution in [0, 0.1) is 5.92 Å². The van der Waals surface area contributed by atoms with E-state index >= 15 is 0 Å². The highest BCUT2D eigenvalue weighted by Gasteiger charge is 2.19. The van der Waals surface area contributed by atoms with Crippen LogP contribution in [0.2, 0.25) is 0 Å². The average molecular weight is 515 g/mol. The van der Waals surface area contributed by atoms with E-state index in [0.29, 0.717) is 6.54 Å². The van der Waals surface area contributed by atoms with Crippen LogP contribution in [0.5, 0.6) is 0 Å². The van der Waals surface area contributed by atoms with Gasteiger partial charge in [-0.3, -0.25) is 14.7 Å². The highest BCUT2D eigenvalue weighted by molar-refractivity contribution is 14.0. The van der Waals surface area contributed by atoms with Gasteiger partial charge < -0.3 is 16.0 Å². The highest BCUT2D eigenvalue weighted by atomic mass is 127. The number of guanidine groups is 1. The molecule has 1 heterocycles. The second-order valence-corrected chi connectivity index (χ2v) is 7.79. The summed E-state index contributed by atoms with van der Waals surface area (Å²) in [4.78, 5) is 18.7. The average Bonchev–Trinajstić information content (AvgIpc) is 2.71. The van der Waals surface area contributed by atoms with Gasteiger partial charge >= 0.3 is 0 Å². The molecule has 0 aromatic heterocycles. The third-order valence-electron chi connectivity index (χ3n) is 5.34. The Kier molecular flexibility index (Phi) is 12.2. The van der Waals surface area contributed by atoms with Crippen molar-refractivity contribution in [3.8, 4) is 0 Å². The molecule has 6 nitrogen and oxygen atoms in total. The van der Waals surface area contributed by atoms with E-state index < -0.39 is 0 Å². The number of halogens is 1. The zero-order chi connectivity index (χ0) is 20.4. The minimum atomic E-state index is -0.0201. The molecule has 2 rings (SSSR count). The number of likely N-dealkylation sites (tertiary alicyclic amines) is 1. The summed E-state index contributed by atoms with van der Waals surface area (Å²) in [7, 11) is 1.80. The number of nitrogens with one attached hydrogen (secondary N) is 3. The molecule has 1 atom stereocenters. The smallest absolute Gasteiger partial charge is 0.226 e. The number of amides is 1. The van der Waals surface area contributed by atoms with Crippen LogP contribution in [0.1, 0.15) is 52.0 Å². The normalized spacial score (nSPS) is 17.6. The molecule has 0 saturated carbocycles. The predicted molar refractivity (Wildman–Crippen MR) is 133 cm³/mol. The number of anilines is 1. The lowest BCUT2D eigenvalue weighted by molar-refractivity contribution is -0.118. The van der Waals surface area contributed by atoms with Crippen LogP contribution in [-0.2, 0) is 11.3 Å². The number of rotatable bonds is 8. The lowest BCUT2D eigenvalue weighted by Gasteiger charge is -2.35. The third kappa shape index (κ3) is 8.90. The molecule has 0 radical (unpaired) electrons. The van der Waals surface area contributed by atoms with E-state index in [4.69, 9.17) is 0 Å². The first-order valence-electron chi connectivity index (χ1n) is 10.6. The van der Waals surface area contributed by atoms with E-state index in [9.17, 15) is 4.79 Å². The zero-order valence-electron chi connectivity index (χ0n) is 18.3. The molecule has 0 aliphatic carbocycles. The van der Waals surface area contributed by atoms with Crippen LogP contribution in [0.15, 0.2) is 29.3 Å². The van der Waals surface area contributed by atoms with Gasteiger partial charge in [0.1, 0.15) is 0 Å². The number of aliphatic imine (C=N–C) groups is 1. The number of piperidine rings is 1. The van der Waals surface area contributed by atoms with E-state index in [1.165, 1.54) is 32.2 Å². The number of benzene rings is 1. The van der Waals surface area contributed by atoms with E-state index in [2.05, 4.69) is 32.8 Å². The monoisotopic (exact) mass is 515 g/mol. The Morgan fingerprint density at radius 2 is 1.93 bits per heavy atom. The second-order valence-electron chi connectivity index (χ2n) is 7.79. The summed E-state index contributed by atoms with van der Waals surface area (Å²) < 4.78 is 0. The van der Waals surface area contributed by atoms with Gasteiger partial charge in [0.2, 0.25) is 5.91 Å². The largest absolute Gasteiger partial charge is 0.355 e. The first kappa shape index (κ1) is 25.7. The van der Waals surface area contributed by atoms with E-state index in [0.717, 1.165) is 36.3 Å². The van der Waals surface area contributed by atoms with Gasteiger partial charge in [-0.05, 0) is 43.5 Å². The van der Waals surface area contributed by atoms with Crippen LogP contribution in [0.3, 0.4) is 0 Å². The molecule has 1 saturated heterocycles.